The Morgan fingerprint density at radius 2 is 2.36 bits per heavy atom. The molecule has 2 rings (SSSR count). The van der Waals surface area contributed by atoms with Crippen LogP contribution >= 0.6 is 0 Å². The van der Waals surface area contributed by atoms with Crippen LogP contribution in [0.4, 0.5) is 0 Å². The highest BCUT2D eigenvalue weighted by molar-refractivity contribution is 5.99. The molecule has 0 aliphatic heterocycles. The Balaban J connectivity index is 2.50. The van der Waals surface area contributed by atoms with Crippen LogP contribution in [-0.4, -0.2) is 42.0 Å². The van der Waals surface area contributed by atoms with Crippen LogP contribution < -0.4 is 5.73 Å². The van der Waals surface area contributed by atoms with Crippen molar-refractivity contribution in [1.82, 2.24) is 30.9 Å². The molecule has 0 atom stereocenters. The van der Waals surface area contributed by atoms with Gasteiger partial charge in [-0.1, -0.05) is 5.16 Å². The van der Waals surface area contributed by atoms with Crippen molar-refractivity contribution in [2.75, 3.05) is 0 Å². The summed E-state index contributed by atoms with van der Waals surface area (Å²) in [4.78, 5) is 0. The van der Waals surface area contributed by atoms with E-state index < -0.39 is 0 Å². The van der Waals surface area contributed by atoms with Crippen LogP contribution in [-0.2, 0) is 0 Å². The first-order valence-electron chi connectivity index (χ1n) is 3.37. The molecule has 0 fully saturated rings. The summed E-state index contributed by atoms with van der Waals surface area (Å²) in [6, 6.07) is 0. The minimum absolute atomic E-state index is 0.0499. The summed E-state index contributed by atoms with van der Waals surface area (Å²) in [6.07, 6.45) is 0. The van der Waals surface area contributed by atoms with E-state index in [0.717, 1.165) is 0 Å². The van der Waals surface area contributed by atoms with Gasteiger partial charge in [0.1, 0.15) is 0 Å². The summed E-state index contributed by atoms with van der Waals surface area (Å²) in [5, 5.41) is 30.9. The number of oxime groups is 1. The first-order chi connectivity index (χ1) is 6.83. The number of aromatic amines is 1. The summed E-state index contributed by atoms with van der Waals surface area (Å²) in [6.45, 7) is 0. The number of aromatic nitrogens is 6. The third-order valence-electron chi connectivity index (χ3n) is 1.40. The molecule has 0 unspecified atom stereocenters. The predicted molar refractivity (Wildman–Crippen MR) is 40.0 cm³/mol. The van der Waals surface area contributed by atoms with E-state index in [1.54, 1.807) is 0 Å². The average Bonchev–Trinajstić information content (AvgIpc) is 2.85. The van der Waals surface area contributed by atoms with Crippen LogP contribution in [0.1, 0.15) is 5.69 Å². The summed E-state index contributed by atoms with van der Waals surface area (Å²) in [5.41, 5.74) is 5.49. The zero-order valence-electron chi connectivity index (χ0n) is 6.62. The van der Waals surface area contributed by atoms with E-state index in [-0.39, 0.29) is 23.0 Å². The maximum Gasteiger partial charge on any atom is 0.229 e. The fourth-order valence-corrected chi connectivity index (χ4v) is 0.813. The first-order valence-corrected chi connectivity index (χ1v) is 3.37. The van der Waals surface area contributed by atoms with Gasteiger partial charge < -0.3 is 10.9 Å². The number of nitrogens with one attached hydrogen (secondary N) is 1. The molecule has 2 aromatic rings. The van der Waals surface area contributed by atoms with Crippen LogP contribution in [0, 0.1) is 0 Å². The standard InChI is InChI=1S/C4H4N8O2/c5-3(8-13)1-2(10-14-9-1)4-6-11-12-7-4/h13H,(H2,5,8)(H,6,7,11,12). The lowest BCUT2D eigenvalue weighted by Crippen LogP contribution is -2.14. The molecule has 2 heterocycles. The fourth-order valence-electron chi connectivity index (χ4n) is 0.813. The second-order valence-electron chi connectivity index (χ2n) is 2.18. The fraction of sp³-hybridized carbons (Fsp3) is 0. The number of tetrazole rings is 1. The zero-order valence-corrected chi connectivity index (χ0v) is 6.62. The molecule has 0 spiro atoms. The Bertz CT molecular complexity index is 444. The van der Waals surface area contributed by atoms with Crippen molar-refractivity contribution in [2.24, 2.45) is 10.9 Å². The molecule has 4 N–H and O–H groups in total. The SMILES string of the molecule is NC(=NO)c1nonc1-c1nn[nH]n1. The van der Waals surface area contributed by atoms with Crippen molar-refractivity contribution in [2.45, 2.75) is 0 Å². The van der Waals surface area contributed by atoms with Gasteiger partial charge in [-0.05, 0) is 15.5 Å². The molecular weight excluding hydrogens is 192 g/mol. The average molecular weight is 196 g/mol. The first kappa shape index (κ1) is 8.10. The molecule has 0 bridgehead atoms. The highest BCUT2D eigenvalue weighted by atomic mass is 16.6. The molecule has 0 saturated heterocycles. The van der Waals surface area contributed by atoms with Crippen molar-refractivity contribution >= 4 is 5.84 Å². The van der Waals surface area contributed by atoms with Crippen molar-refractivity contribution in [1.29, 1.82) is 0 Å². The van der Waals surface area contributed by atoms with Crippen LogP contribution in [0.5, 0.6) is 0 Å². The molecule has 72 valence electrons. The molecule has 0 aliphatic carbocycles. The highest BCUT2D eigenvalue weighted by Gasteiger charge is 2.19. The lowest BCUT2D eigenvalue weighted by molar-refractivity contribution is 0.304. The number of rotatable bonds is 2. The van der Waals surface area contributed by atoms with E-state index in [1.807, 2.05) is 0 Å². The van der Waals surface area contributed by atoms with Gasteiger partial charge in [0.05, 0.1) is 0 Å². The van der Waals surface area contributed by atoms with E-state index >= 15 is 0 Å². The van der Waals surface area contributed by atoms with E-state index in [0.29, 0.717) is 0 Å². The molecule has 0 aliphatic rings. The van der Waals surface area contributed by atoms with E-state index in [1.165, 1.54) is 0 Å². The van der Waals surface area contributed by atoms with Gasteiger partial charge in [0.25, 0.3) is 0 Å². The Morgan fingerprint density at radius 3 is 3.00 bits per heavy atom. The number of hydrogen-bond donors (Lipinski definition) is 3. The third kappa shape index (κ3) is 1.14. The second-order valence-corrected chi connectivity index (χ2v) is 2.18. The summed E-state index contributed by atoms with van der Waals surface area (Å²) < 4.78 is 4.40. The van der Waals surface area contributed by atoms with Crippen molar-refractivity contribution in [3.8, 4) is 11.5 Å². The van der Waals surface area contributed by atoms with Gasteiger partial charge in [-0.25, -0.2) is 4.63 Å². The maximum absolute atomic E-state index is 8.42. The van der Waals surface area contributed by atoms with Crippen LogP contribution in [0.25, 0.3) is 11.5 Å². The van der Waals surface area contributed by atoms with Gasteiger partial charge in [0.2, 0.25) is 5.82 Å². The van der Waals surface area contributed by atoms with E-state index in [2.05, 4.69) is 40.7 Å². The Labute approximate surface area is 75.7 Å². The van der Waals surface area contributed by atoms with Gasteiger partial charge in [0.15, 0.2) is 17.2 Å². The highest BCUT2D eigenvalue weighted by Crippen LogP contribution is 2.13. The number of amidine groups is 1. The van der Waals surface area contributed by atoms with Crippen molar-refractivity contribution in [3.05, 3.63) is 5.69 Å². The second kappa shape index (κ2) is 3.08. The monoisotopic (exact) mass is 196 g/mol. The molecular formula is C4H4N8O2. The molecule has 10 nitrogen and oxygen atoms in total. The quantitative estimate of drug-likeness (QED) is 0.223. The molecule has 2 aromatic heterocycles. The number of nitrogens with zero attached hydrogens (tertiary/aromatic N) is 6. The van der Waals surface area contributed by atoms with Crippen LogP contribution in [0.15, 0.2) is 9.78 Å². The largest absolute Gasteiger partial charge is 0.409 e. The van der Waals surface area contributed by atoms with E-state index in [9.17, 15) is 0 Å². The predicted octanol–water partition coefficient (Wildman–Crippen LogP) is -1.66. The molecule has 0 saturated carbocycles. The van der Waals surface area contributed by atoms with Gasteiger partial charge >= 0.3 is 0 Å². The van der Waals surface area contributed by atoms with Crippen molar-refractivity contribution < 1.29 is 9.84 Å². The normalized spacial score (nSPS) is 11.9. The molecule has 10 heteroatoms. The molecule has 0 aromatic carbocycles. The van der Waals surface area contributed by atoms with Gasteiger partial charge in [-0.2, -0.15) is 5.21 Å². The number of H-pyrrole nitrogens is 1. The Morgan fingerprint density at radius 1 is 1.50 bits per heavy atom. The van der Waals surface area contributed by atoms with Crippen LogP contribution in [0.2, 0.25) is 0 Å². The van der Waals surface area contributed by atoms with Gasteiger partial charge in [-0.3, -0.25) is 0 Å². The molecule has 14 heavy (non-hydrogen) atoms. The lowest BCUT2D eigenvalue weighted by Gasteiger charge is -1.90. The number of nitrogens with two attached hydrogens (primary N) is 1. The number of hydrogen-bond acceptors (Lipinski definition) is 8. The Kier molecular flexibility index (Phi) is 1.78. The summed E-state index contributed by atoms with van der Waals surface area (Å²) >= 11 is 0. The topological polar surface area (TPSA) is 152 Å². The minimum Gasteiger partial charge on any atom is -0.409 e. The summed E-state index contributed by atoms with van der Waals surface area (Å²) in [5.74, 6) is -0.0982. The zero-order chi connectivity index (χ0) is 9.97. The van der Waals surface area contributed by atoms with Crippen molar-refractivity contribution in [3.63, 3.8) is 0 Å². The van der Waals surface area contributed by atoms with Gasteiger partial charge in [0, 0.05) is 0 Å². The lowest BCUT2D eigenvalue weighted by atomic mass is 10.3. The Hall–Kier alpha value is -2.52. The minimum atomic E-state index is -0.244. The van der Waals surface area contributed by atoms with Gasteiger partial charge in [-0.15, -0.1) is 10.2 Å². The van der Waals surface area contributed by atoms with Crippen LogP contribution in [0.3, 0.4) is 0 Å². The molecule has 0 radical (unpaired) electrons. The van der Waals surface area contributed by atoms with E-state index in [4.69, 9.17) is 10.9 Å². The summed E-state index contributed by atoms with van der Waals surface area (Å²) in [7, 11) is 0. The smallest absolute Gasteiger partial charge is 0.229 e. The molecule has 0 amide bonds. The third-order valence-corrected chi connectivity index (χ3v) is 1.40. The maximum atomic E-state index is 8.42.